The molecular formula is C13H17ClF2N2O. The molecule has 1 atom stereocenters. The molecule has 0 radical (unpaired) electrons. The van der Waals surface area contributed by atoms with Gasteiger partial charge >= 0.3 is 0 Å². The molecule has 106 valence electrons. The van der Waals surface area contributed by atoms with E-state index in [0.29, 0.717) is 19.6 Å². The summed E-state index contributed by atoms with van der Waals surface area (Å²) in [5.74, 6) is -1.80. The summed E-state index contributed by atoms with van der Waals surface area (Å²) >= 11 is 0. The maximum atomic E-state index is 13.7. The highest BCUT2D eigenvalue weighted by molar-refractivity contribution is 5.95. The lowest BCUT2D eigenvalue weighted by molar-refractivity contribution is 0.0650. The first-order valence-electron chi connectivity index (χ1n) is 5.98. The Balaban J connectivity index is 0.00000180. The highest BCUT2D eigenvalue weighted by Gasteiger charge is 2.26. The molecule has 6 heteroatoms. The van der Waals surface area contributed by atoms with Crippen LogP contribution in [-0.2, 0) is 0 Å². The average molecular weight is 291 g/mol. The quantitative estimate of drug-likeness (QED) is 0.859. The van der Waals surface area contributed by atoms with Crippen molar-refractivity contribution in [3.05, 3.63) is 34.9 Å². The normalized spacial score (nSPS) is 18.9. The van der Waals surface area contributed by atoms with Gasteiger partial charge in [0.2, 0.25) is 0 Å². The number of piperazine rings is 1. The molecule has 19 heavy (non-hydrogen) atoms. The SMILES string of the molecule is Cc1cc(C(=O)N2CCNC[C@H]2C)c(F)cc1F.Cl. The third-order valence-electron chi connectivity index (χ3n) is 3.24. The molecule has 1 amide bonds. The Morgan fingerprint density at radius 1 is 1.37 bits per heavy atom. The number of hydrogen-bond acceptors (Lipinski definition) is 2. The molecule has 1 aromatic rings. The molecule has 1 heterocycles. The summed E-state index contributed by atoms with van der Waals surface area (Å²) in [5.41, 5.74) is 0.227. The van der Waals surface area contributed by atoms with Crippen LogP contribution in [0.1, 0.15) is 22.8 Å². The van der Waals surface area contributed by atoms with Crippen LogP contribution in [0.2, 0.25) is 0 Å². The molecule has 1 N–H and O–H groups in total. The van der Waals surface area contributed by atoms with Crippen LogP contribution in [0.3, 0.4) is 0 Å². The molecule has 1 aromatic carbocycles. The summed E-state index contributed by atoms with van der Waals surface area (Å²) < 4.78 is 26.8. The number of carbonyl (C=O) groups is 1. The molecular weight excluding hydrogens is 274 g/mol. The van der Waals surface area contributed by atoms with Crippen LogP contribution in [0.25, 0.3) is 0 Å². The third kappa shape index (κ3) is 3.22. The van der Waals surface area contributed by atoms with Gasteiger partial charge in [-0.05, 0) is 25.5 Å². The molecule has 2 rings (SSSR count). The van der Waals surface area contributed by atoms with E-state index in [-0.39, 0.29) is 35.5 Å². The molecule has 1 fully saturated rings. The van der Waals surface area contributed by atoms with Gasteiger partial charge in [-0.15, -0.1) is 12.4 Å². The number of rotatable bonds is 1. The van der Waals surface area contributed by atoms with E-state index in [1.807, 2.05) is 6.92 Å². The monoisotopic (exact) mass is 290 g/mol. The molecule has 0 aliphatic carbocycles. The molecule has 3 nitrogen and oxygen atoms in total. The van der Waals surface area contributed by atoms with Crippen molar-refractivity contribution in [2.75, 3.05) is 19.6 Å². The van der Waals surface area contributed by atoms with Crippen LogP contribution in [0, 0.1) is 18.6 Å². The highest BCUT2D eigenvalue weighted by atomic mass is 35.5. The number of halogens is 3. The standard InChI is InChI=1S/C13H16F2N2O.ClH/c1-8-5-10(12(15)6-11(8)14)13(18)17-4-3-16-7-9(17)2;/h5-6,9,16H,3-4,7H2,1-2H3;1H/t9-;/m1./s1. The van der Waals surface area contributed by atoms with Crippen molar-refractivity contribution >= 4 is 18.3 Å². The summed E-state index contributed by atoms with van der Waals surface area (Å²) in [6.07, 6.45) is 0. The number of aryl methyl sites for hydroxylation is 1. The van der Waals surface area contributed by atoms with Gasteiger partial charge in [0.25, 0.3) is 5.91 Å². The Bertz CT molecular complexity index is 482. The highest BCUT2D eigenvalue weighted by Crippen LogP contribution is 2.17. The lowest BCUT2D eigenvalue weighted by Crippen LogP contribution is -2.52. The van der Waals surface area contributed by atoms with Gasteiger partial charge in [-0.25, -0.2) is 8.78 Å². The Morgan fingerprint density at radius 3 is 2.68 bits per heavy atom. The van der Waals surface area contributed by atoms with Crippen molar-refractivity contribution in [1.29, 1.82) is 0 Å². The molecule has 0 unspecified atom stereocenters. The van der Waals surface area contributed by atoms with E-state index in [4.69, 9.17) is 0 Å². The van der Waals surface area contributed by atoms with E-state index in [1.54, 1.807) is 4.90 Å². The van der Waals surface area contributed by atoms with Gasteiger partial charge in [-0.1, -0.05) is 0 Å². The lowest BCUT2D eigenvalue weighted by atomic mass is 10.1. The predicted octanol–water partition coefficient (Wildman–Crippen LogP) is 2.13. The fourth-order valence-electron chi connectivity index (χ4n) is 2.12. The summed E-state index contributed by atoms with van der Waals surface area (Å²) in [7, 11) is 0. The summed E-state index contributed by atoms with van der Waals surface area (Å²) in [5, 5.41) is 3.16. The maximum absolute atomic E-state index is 13.7. The number of amides is 1. The topological polar surface area (TPSA) is 32.3 Å². The third-order valence-corrected chi connectivity index (χ3v) is 3.24. The first-order valence-corrected chi connectivity index (χ1v) is 5.98. The van der Waals surface area contributed by atoms with Crippen molar-refractivity contribution in [1.82, 2.24) is 10.2 Å². The fourth-order valence-corrected chi connectivity index (χ4v) is 2.12. The molecule has 0 bridgehead atoms. The zero-order chi connectivity index (χ0) is 13.3. The molecule has 0 aromatic heterocycles. The van der Waals surface area contributed by atoms with E-state index < -0.39 is 11.6 Å². The van der Waals surface area contributed by atoms with E-state index in [9.17, 15) is 13.6 Å². The van der Waals surface area contributed by atoms with Crippen molar-refractivity contribution < 1.29 is 13.6 Å². The zero-order valence-electron chi connectivity index (χ0n) is 10.9. The predicted molar refractivity (Wildman–Crippen MR) is 71.7 cm³/mol. The van der Waals surface area contributed by atoms with Gasteiger partial charge in [0.05, 0.1) is 5.56 Å². The zero-order valence-corrected chi connectivity index (χ0v) is 11.7. The molecule has 1 saturated heterocycles. The number of nitrogens with zero attached hydrogens (tertiary/aromatic N) is 1. The summed E-state index contributed by atoms with van der Waals surface area (Å²) in [6.45, 7) is 5.34. The van der Waals surface area contributed by atoms with Crippen LogP contribution < -0.4 is 5.32 Å². The van der Waals surface area contributed by atoms with E-state index in [0.717, 1.165) is 6.07 Å². The molecule has 1 aliphatic heterocycles. The lowest BCUT2D eigenvalue weighted by Gasteiger charge is -2.34. The minimum absolute atomic E-state index is 0. The number of hydrogen-bond donors (Lipinski definition) is 1. The summed E-state index contributed by atoms with van der Waals surface area (Å²) in [6, 6.07) is 2.06. The van der Waals surface area contributed by atoms with Gasteiger partial charge in [0.1, 0.15) is 11.6 Å². The van der Waals surface area contributed by atoms with Crippen LogP contribution in [0.4, 0.5) is 8.78 Å². The van der Waals surface area contributed by atoms with E-state index >= 15 is 0 Å². The molecule has 0 saturated carbocycles. The summed E-state index contributed by atoms with van der Waals surface area (Å²) in [4.78, 5) is 13.8. The Morgan fingerprint density at radius 2 is 2.05 bits per heavy atom. The van der Waals surface area contributed by atoms with Gasteiger partial charge < -0.3 is 10.2 Å². The van der Waals surface area contributed by atoms with Gasteiger partial charge in [-0.3, -0.25) is 4.79 Å². The molecule has 1 aliphatic rings. The van der Waals surface area contributed by atoms with Crippen molar-refractivity contribution in [2.24, 2.45) is 0 Å². The molecule has 0 spiro atoms. The Hall–Kier alpha value is -1.20. The smallest absolute Gasteiger partial charge is 0.257 e. The van der Waals surface area contributed by atoms with Crippen molar-refractivity contribution in [2.45, 2.75) is 19.9 Å². The van der Waals surface area contributed by atoms with Crippen LogP contribution in [0.15, 0.2) is 12.1 Å². The van der Waals surface area contributed by atoms with Gasteiger partial charge in [0, 0.05) is 31.7 Å². The minimum atomic E-state index is -0.797. The number of nitrogens with one attached hydrogen (secondary N) is 1. The van der Waals surface area contributed by atoms with Crippen LogP contribution in [0.5, 0.6) is 0 Å². The number of benzene rings is 1. The van der Waals surface area contributed by atoms with Crippen molar-refractivity contribution in [3.8, 4) is 0 Å². The second-order valence-corrected chi connectivity index (χ2v) is 4.63. The van der Waals surface area contributed by atoms with Crippen molar-refractivity contribution in [3.63, 3.8) is 0 Å². The number of carbonyl (C=O) groups excluding carboxylic acids is 1. The van der Waals surface area contributed by atoms with Gasteiger partial charge in [0.15, 0.2) is 0 Å². The van der Waals surface area contributed by atoms with E-state index in [2.05, 4.69) is 5.32 Å². The minimum Gasteiger partial charge on any atom is -0.333 e. The average Bonchev–Trinajstić information content (AvgIpc) is 2.33. The second kappa shape index (κ2) is 6.30. The van der Waals surface area contributed by atoms with E-state index in [1.165, 1.54) is 13.0 Å². The maximum Gasteiger partial charge on any atom is 0.257 e. The van der Waals surface area contributed by atoms with Gasteiger partial charge in [-0.2, -0.15) is 0 Å². The Labute approximate surface area is 117 Å². The Kier molecular flexibility index (Phi) is 5.26. The fraction of sp³-hybridized carbons (Fsp3) is 0.462. The first kappa shape index (κ1) is 15.9. The van der Waals surface area contributed by atoms with Crippen LogP contribution >= 0.6 is 12.4 Å². The first-order chi connectivity index (χ1) is 8.50. The second-order valence-electron chi connectivity index (χ2n) is 4.63. The van der Waals surface area contributed by atoms with Crippen LogP contribution in [-0.4, -0.2) is 36.5 Å². The largest absolute Gasteiger partial charge is 0.333 e.